The van der Waals surface area contributed by atoms with E-state index in [1.165, 1.54) is 54.4 Å². The zero-order chi connectivity index (χ0) is 30.4. The van der Waals surface area contributed by atoms with Crippen LogP contribution in [0.3, 0.4) is 0 Å². The minimum absolute atomic E-state index is 0.0259. The summed E-state index contributed by atoms with van der Waals surface area (Å²) in [6, 6.07) is 13.6. The first-order valence-electron chi connectivity index (χ1n) is 14.7. The zero-order valence-electron chi connectivity index (χ0n) is 23.7. The molecule has 0 radical (unpaired) electrons. The third kappa shape index (κ3) is 8.32. The van der Waals surface area contributed by atoms with Crippen LogP contribution in [0.25, 0.3) is 11.1 Å². The summed E-state index contributed by atoms with van der Waals surface area (Å²) in [4.78, 5) is 20.8. The van der Waals surface area contributed by atoms with E-state index in [1.807, 2.05) is 0 Å². The summed E-state index contributed by atoms with van der Waals surface area (Å²) in [5.74, 6) is 1.73. The summed E-state index contributed by atoms with van der Waals surface area (Å²) in [5.41, 5.74) is 5.59. The molecule has 0 bridgehead atoms. The van der Waals surface area contributed by atoms with Gasteiger partial charge in [0.15, 0.2) is 9.54 Å². The maximum Gasteiger partial charge on any atom is 0.200 e. The van der Waals surface area contributed by atoms with Crippen LogP contribution >= 0.6 is 80.7 Å². The third-order valence-corrected chi connectivity index (χ3v) is 10.0. The summed E-state index contributed by atoms with van der Waals surface area (Å²) in [5, 5.41) is 0. The van der Waals surface area contributed by atoms with Gasteiger partial charge in [-0.15, -0.1) is 0 Å². The number of aromatic nitrogens is 6. The van der Waals surface area contributed by atoms with Gasteiger partial charge in [0.25, 0.3) is 0 Å². The number of unbranched alkanes of at least 4 members (excludes halogenated alkanes) is 6. The van der Waals surface area contributed by atoms with Crippen molar-refractivity contribution in [1.82, 2.24) is 29.9 Å². The van der Waals surface area contributed by atoms with E-state index in [0.29, 0.717) is 19.1 Å². The van der Waals surface area contributed by atoms with E-state index in [0.717, 1.165) is 65.5 Å². The van der Waals surface area contributed by atoms with Gasteiger partial charge in [-0.1, -0.05) is 82.5 Å². The molecule has 12 heteroatoms. The van der Waals surface area contributed by atoms with Crippen molar-refractivity contribution in [3.05, 3.63) is 87.2 Å². The molecule has 2 heterocycles. The van der Waals surface area contributed by atoms with E-state index in [1.54, 1.807) is 0 Å². The Bertz CT molecular complexity index is 1720. The standard InChI is InChI=1S/C31H34Br2N6S4/c32-19-11-13-21-22-14-12-20(33)18-24(22)31(23(21)17-19,16-8-6-10-26-36-29(42)39-30(43)37-26)15-7-4-2-1-3-5-9-25-34-27(40)38-28(41)35-25/h11-14,17-18H,1-10,15-16H2,(H2,34,35,38,40,41)(H2,36,37,39,42,43). The number of H-pyrrole nitrogens is 4. The maximum absolute atomic E-state index is 5.27. The number of nitrogens with one attached hydrogen (secondary N) is 4. The molecular weight excluding hydrogens is 744 g/mol. The van der Waals surface area contributed by atoms with E-state index in [9.17, 15) is 0 Å². The van der Waals surface area contributed by atoms with Gasteiger partial charge in [-0.05, 0) is 121 Å². The molecule has 4 N–H and O–H groups in total. The molecule has 5 rings (SSSR count). The van der Waals surface area contributed by atoms with Gasteiger partial charge in [0.2, 0.25) is 9.54 Å². The average molecular weight is 779 g/mol. The molecule has 0 aliphatic heterocycles. The van der Waals surface area contributed by atoms with Crippen LogP contribution in [0, 0.1) is 19.1 Å². The van der Waals surface area contributed by atoms with Crippen molar-refractivity contribution in [1.29, 1.82) is 0 Å². The van der Waals surface area contributed by atoms with Crippen molar-refractivity contribution in [3.63, 3.8) is 0 Å². The number of hydrogen-bond donors (Lipinski definition) is 4. The van der Waals surface area contributed by atoms with Crippen LogP contribution in [0.1, 0.15) is 87.0 Å². The lowest BCUT2D eigenvalue weighted by Crippen LogP contribution is -2.25. The van der Waals surface area contributed by atoms with Gasteiger partial charge in [0.1, 0.15) is 11.6 Å². The Hall–Kier alpha value is -1.70. The molecule has 0 saturated heterocycles. The van der Waals surface area contributed by atoms with Crippen molar-refractivity contribution in [2.24, 2.45) is 0 Å². The van der Waals surface area contributed by atoms with Crippen molar-refractivity contribution in [2.45, 2.75) is 82.5 Å². The molecule has 0 atom stereocenters. The molecular formula is C31H34Br2N6S4. The second kappa shape index (κ2) is 15.1. The van der Waals surface area contributed by atoms with Crippen LogP contribution in [0.15, 0.2) is 45.3 Å². The number of fused-ring (bicyclic) bond motifs is 3. The summed E-state index contributed by atoms with van der Waals surface area (Å²) in [6.07, 6.45) is 13.1. The summed E-state index contributed by atoms with van der Waals surface area (Å²) < 4.78 is 4.23. The second-order valence-corrected chi connectivity index (χ2v) is 14.6. The molecule has 0 spiro atoms. The number of rotatable bonds is 14. The van der Waals surface area contributed by atoms with E-state index in [4.69, 9.17) is 48.9 Å². The molecule has 2 aromatic carbocycles. The zero-order valence-corrected chi connectivity index (χ0v) is 30.2. The fourth-order valence-corrected chi connectivity index (χ4v) is 8.07. The van der Waals surface area contributed by atoms with Crippen LogP contribution < -0.4 is 0 Å². The first-order chi connectivity index (χ1) is 20.7. The van der Waals surface area contributed by atoms with Crippen LogP contribution in [0.4, 0.5) is 0 Å². The van der Waals surface area contributed by atoms with Crippen LogP contribution in [-0.4, -0.2) is 29.9 Å². The van der Waals surface area contributed by atoms with E-state index in [2.05, 4.69) is 98.2 Å². The van der Waals surface area contributed by atoms with Crippen molar-refractivity contribution >= 4 is 80.7 Å². The Balaban J connectivity index is 1.25. The normalized spacial score (nSPS) is 13.2. The second-order valence-electron chi connectivity index (χ2n) is 11.2. The Labute approximate surface area is 289 Å². The minimum Gasteiger partial charge on any atom is -0.321 e. The smallest absolute Gasteiger partial charge is 0.200 e. The van der Waals surface area contributed by atoms with E-state index in [-0.39, 0.29) is 5.41 Å². The number of aryl methyl sites for hydroxylation is 2. The predicted octanol–water partition coefficient (Wildman–Crippen LogP) is 10.9. The highest BCUT2D eigenvalue weighted by atomic mass is 79.9. The number of nitrogens with zero attached hydrogens (tertiary/aromatic N) is 2. The molecule has 6 nitrogen and oxygen atoms in total. The van der Waals surface area contributed by atoms with Crippen LogP contribution in [0.2, 0.25) is 0 Å². The van der Waals surface area contributed by atoms with Crippen molar-refractivity contribution < 1.29 is 0 Å². The van der Waals surface area contributed by atoms with Gasteiger partial charge in [0.05, 0.1) is 0 Å². The number of halogens is 2. The van der Waals surface area contributed by atoms with Gasteiger partial charge in [-0.25, -0.2) is 9.97 Å². The number of hydrogen-bond acceptors (Lipinski definition) is 6. The average Bonchev–Trinajstić information content (AvgIpc) is 3.19. The van der Waals surface area contributed by atoms with Crippen molar-refractivity contribution in [2.75, 3.05) is 0 Å². The molecule has 43 heavy (non-hydrogen) atoms. The quantitative estimate of drug-likeness (QED) is 0.0753. The minimum atomic E-state index is -0.0259. The van der Waals surface area contributed by atoms with E-state index >= 15 is 0 Å². The maximum atomic E-state index is 5.27. The molecule has 0 unspecified atom stereocenters. The molecule has 1 aliphatic rings. The molecule has 2 aromatic heterocycles. The summed E-state index contributed by atoms with van der Waals surface area (Å²) >= 11 is 28.4. The Morgan fingerprint density at radius 3 is 1.47 bits per heavy atom. The molecule has 0 saturated carbocycles. The Kier molecular flexibility index (Phi) is 11.4. The lowest BCUT2D eigenvalue weighted by Gasteiger charge is -2.33. The highest BCUT2D eigenvalue weighted by Crippen LogP contribution is 2.55. The van der Waals surface area contributed by atoms with Gasteiger partial charge < -0.3 is 19.9 Å². The molecule has 4 aromatic rings. The monoisotopic (exact) mass is 776 g/mol. The third-order valence-electron chi connectivity index (χ3n) is 8.25. The van der Waals surface area contributed by atoms with Gasteiger partial charge in [-0.2, -0.15) is 0 Å². The van der Waals surface area contributed by atoms with Crippen LogP contribution in [0.5, 0.6) is 0 Å². The fourth-order valence-electron chi connectivity index (χ4n) is 6.36. The lowest BCUT2D eigenvalue weighted by molar-refractivity contribution is 0.401. The summed E-state index contributed by atoms with van der Waals surface area (Å²) in [7, 11) is 0. The lowest BCUT2D eigenvalue weighted by atomic mass is 9.70. The van der Waals surface area contributed by atoms with Crippen molar-refractivity contribution in [3.8, 4) is 11.1 Å². The van der Waals surface area contributed by atoms with Crippen LogP contribution in [-0.2, 0) is 18.3 Å². The molecule has 226 valence electrons. The molecule has 1 aliphatic carbocycles. The van der Waals surface area contributed by atoms with Gasteiger partial charge in [0, 0.05) is 27.2 Å². The van der Waals surface area contributed by atoms with Gasteiger partial charge >= 0.3 is 0 Å². The molecule has 0 fully saturated rings. The molecule has 0 amide bonds. The largest absolute Gasteiger partial charge is 0.321 e. The fraction of sp³-hybridized carbons (Fsp3) is 0.419. The number of benzene rings is 2. The topological polar surface area (TPSA) is 88.9 Å². The SMILES string of the molecule is S=c1nc(CCCCCCCCC2(CCCCc3nc(=S)[nH]c(=S)[nH]3)c3cc(Br)ccc3-c3ccc(Br)cc32)[nH]c(=S)[nH]1. The number of aromatic amines is 4. The first-order valence-corrected chi connectivity index (χ1v) is 17.9. The first kappa shape index (κ1) is 32.7. The summed E-state index contributed by atoms with van der Waals surface area (Å²) in [6.45, 7) is 0. The van der Waals surface area contributed by atoms with E-state index < -0.39 is 0 Å². The Morgan fingerprint density at radius 1 is 0.558 bits per heavy atom. The van der Waals surface area contributed by atoms with Gasteiger partial charge in [-0.3, -0.25) is 0 Å². The highest BCUT2D eigenvalue weighted by molar-refractivity contribution is 9.10. The highest BCUT2D eigenvalue weighted by Gasteiger charge is 2.42. The predicted molar refractivity (Wildman–Crippen MR) is 191 cm³/mol. The Morgan fingerprint density at radius 2 is 0.977 bits per heavy atom.